The quantitative estimate of drug-likeness (QED) is 0.512. The van der Waals surface area contributed by atoms with Crippen LogP contribution in [0.5, 0.6) is 0 Å². The van der Waals surface area contributed by atoms with Crippen molar-refractivity contribution in [1.82, 2.24) is 14.6 Å². The van der Waals surface area contributed by atoms with Gasteiger partial charge in [-0.1, -0.05) is 6.92 Å². The maximum absolute atomic E-state index is 12.5. The van der Waals surface area contributed by atoms with Gasteiger partial charge in [0.1, 0.15) is 30.6 Å². The van der Waals surface area contributed by atoms with E-state index in [0.29, 0.717) is 5.52 Å². The number of nitriles is 1. The van der Waals surface area contributed by atoms with Crippen molar-refractivity contribution in [3.8, 4) is 6.07 Å². The minimum Gasteiger partial charge on any atom is -0.463 e. The smallest absolute Gasteiger partial charge is 0.306 e. The first-order valence-corrected chi connectivity index (χ1v) is 10.1. The molecule has 0 aliphatic carbocycles. The van der Waals surface area contributed by atoms with Gasteiger partial charge in [0, 0.05) is 19.3 Å². The number of ether oxygens (including phenoxy) is 4. The van der Waals surface area contributed by atoms with Crippen LogP contribution in [-0.4, -0.2) is 57.4 Å². The van der Waals surface area contributed by atoms with Crippen LogP contribution in [0, 0.1) is 11.3 Å². The van der Waals surface area contributed by atoms with E-state index < -0.39 is 41.8 Å². The van der Waals surface area contributed by atoms with Gasteiger partial charge in [0.15, 0.2) is 18.0 Å². The summed E-state index contributed by atoms with van der Waals surface area (Å²) in [5.74, 6) is -1.52. The Morgan fingerprint density at radius 1 is 1.34 bits per heavy atom. The van der Waals surface area contributed by atoms with E-state index in [2.05, 4.69) is 16.2 Å². The average molecular weight is 443 g/mol. The van der Waals surface area contributed by atoms with E-state index in [-0.39, 0.29) is 43.8 Å². The standard InChI is InChI=1S/C20H21N5O7/c1-2-14(26)29-8-12-17-18(31-16(28)5-3-4-15(27)30-17)20(9-21,32-12)13-7-6-11-19(22)23-10-24-25(11)13/h6-7,10,12,17-18H,2-5,8H2,1H3,(H2,22,23,24)/t12-,17-,18-,20+/m1/s1. The molecule has 12 heteroatoms. The van der Waals surface area contributed by atoms with Crippen molar-refractivity contribution in [3.63, 3.8) is 0 Å². The van der Waals surface area contributed by atoms with Crippen molar-refractivity contribution in [2.75, 3.05) is 12.3 Å². The van der Waals surface area contributed by atoms with Crippen LogP contribution in [0.2, 0.25) is 0 Å². The maximum Gasteiger partial charge on any atom is 0.306 e. The zero-order chi connectivity index (χ0) is 22.9. The molecule has 2 aromatic heterocycles. The third-order valence-corrected chi connectivity index (χ3v) is 5.42. The van der Waals surface area contributed by atoms with Crippen LogP contribution < -0.4 is 5.73 Å². The van der Waals surface area contributed by atoms with Gasteiger partial charge in [0.25, 0.3) is 0 Å². The number of hydrogen-bond acceptors (Lipinski definition) is 11. The summed E-state index contributed by atoms with van der Waals surface area (Å²) in [6, 6.07) is 5.21. The molecule has 0 radical (unpaired) electrons. The molecule has 2 saturated heterocycles. The van der Waals surface area contributed by atoms with E-state index in [4.69, 9.17) is 24.7 Å². The fourth-order valence-corrected chi connectivity index (χ4v) is 3.87. The number of fused-ring (bicyclic) bond motifs is 2. The normalized spacial score (nSPS) is 27.9. The molecule has 2 aromatic rings. The molecule has 0 spiro atoms. The summed E-state index contributed by atoms with van der Waals surface area (Å²) in [6.07, 6.45) is -2.03. The predicted octanol–water partition coefficient (Wildman–Crippen LogP) is 0.390. The van der Waals surface area contributed by atoms with Gasteiger partial charge in [-0.15, -0.1) is 0 Å². The van der Waals surface area contributed by atoms with Gasteiger partial charge in [0.05, 0.1) is 5.69 Å². The van der Waals surface area contributed by atoms with E-state index in [1.54, 1.807) is 19.1 Å². The lowest BCUT2D eigenvalue weighted by atomic mass is 9.92. The van der Waals surface area contributed by atoms with Crippen molar-refractivity contribution in [3.05, 3.63) is 24.2 Å². The number of anilines is 1. The molecule has 32 heavy (non-hydrogen) atoms. The minimum absolute atomic E-state index is 0.00282. The molecule has 2 aliphatic heterocycles. The van der Waals surface area contributed by atoms with Crippen LogP contribution >= 0.6 is 0 Å². The Morgan fingerprint density at radius 2 is 2.09 bits per heavy atom. The zero-order valence-electron chi connectivity index (χ0n) is 17.2. The number of esters is 3. The Labute approximate surface area is 182 Å². The second-order valence-corrected chi connectivity index (χ2v) is 7.42. The van der Waals surface area contributed by atoms with Crippen LogP contribution in [0.15, 0.2) is 18.5 Å². The topological polar surface area (TPSA) is 168 Å². The van der Waals surface area contributed by atoms with Gasteiger partial charge in [-0.25, -0.2) is 9.50 Å². The summed E-state index contributed by atoms with van der Waals surface area (Å²) in [5, 5.41) is 14.4. The molecule has 0 aromatic carbocycles. The lowest BCUT2D eigenvalue weighted by Gasteiger charge is -2.28. The SMILES string of the molecule is CCC(=O)OC[C@H]1O[C@@](C#N)(c2ccc3c(N)ncnn23)[C@@H]2OC(=O)CCCC(=O)O[C@@H]21. The molecule has 168 valence electrons. The van der Waals surface area contributed by atoms with Crippen molar-refractivity contribution in [2.24, 2.45) is 0 Å². The Balaban J connectivity index is 1.83. The average Bonchev–Trinajstić information content (AvgIpc) is 3.34. The lowest BCUT2D eigenvalue weighted by molar-refractivity contribution is -0.167. The van der Waals surface area contributed by atoms with Gasteiger partial charge in [0.2, 0.25) is 5.60 Å². The molecule has 0 unspecified atom stereocenters. The molecule has 4 heterocycles. The van der Waals surface area contributed by atoms with E-state index >= 15 is 0 Å². The Kier molecular flexibility index (Phi) is 5.67. The Morgan fingerprint density at radius 3 is 2.81 bits per heavy atom. The summed E-state index contributed by atoms with van der Waals surface area (Å²) in [6.45, 7) is 1.32. The number of nitrogens with zero attached hydrogens (tertiary/aromatic N) is 4. The van der Waals surface area contributed by atoms with Crippen LogP contribution in [0.25, 0.3) is 5.52 Å². The molecule has 4 atom stereocenters. The molecule has 2 fully saturated rings. The fourth-order valence-electron chi connectivity index (χ4n) is 3.87. The number of aromatic nitrogens is 3. The highest BCUT2D eigenvalue weighted by molar-refractivity contribution is 5.74. The Hall–Kier alpha value is -3.72. The Bertz CT molecular complexity index is 1110. The highest BCUT2D eigenvalue weighted by Gasteiger charge is 2.62. The van der Waals surface area contributed by atoms with Crippen LogP contribution in [0.1, 0.15) is 38.3 Å². The van der Waals surface area contributed by atoms with Gasteiger partial charge in [-0.3, -0.25) is 14.4 Å². The highest BCUT2D eigenvalue weighted by Crippen LogP contribution is 2.44. The van der Waals surface area contributed by atoms with Gasteiger partial charge >= 0.3 is 17.9 Å². The highest BCUT2D eigenvalue weighted by atomic mass is 16.7. The molecule has 4 rings (SSSR count). The van der Waals surface area contributed by atoms with Crippen LogP contribution in [0.4, 0.5) is 5.82 Å². The molecule has 2 N–H and O–H groups in total. The van der Waals surface area contributed by atoms with E-state index in [1.165, 1.54) is 10.8 Å². The van der Waals surface area contributed by atoms with Gasteiger partial charge in [-0.05, 0) is 18.6 Å². The van der Waals surface area contributed by atoms with Crippen LogP contribution in [-0.2, 0) is 38.9 Å². The zero-order valence-corrected chi connectivity index (χ0v) is 17.2. The van der Waals surface area contributed by atoms with Crippen molar-refractivity contribution < 1.29 is 33.3 Å². The largest absolute Gasteiger partial charge is 0.463 e. The third-order valence-electron chi connectivity index (χ3n) is 5.42. The molecular formula is C20H21N5O7. The number of rotatable bonds is 4. The number of carbonyl (C=O) groups is 3. The molecule has 0 bridgehead atoms. The maximum atomic E-state index is 12.5. The van der Waals surface area contributed by atoms with E-state index in [1.807, 2.05) is 0 Å². The number of nitrogens with two attached hydrogens (primary N) is 1. The molecule has 2 aliphatic rings. The van der Waals surface area contributed by atoms with Gasteiger partial charge < -0.3 is 24.7 Å². The molecular weight excluding hydrogens is 422 g/mol. The monoisotopic (exact) mass is 443 g/mol. The molecule has 12 nitrogen and oxygen atoms in total. The summed E-state index contributed by atoms with van der Waals surface area (Å²) < 4.78 is 23.8. The third kappa shape index (κ3) is 3.60. The van der Waals surface area contributed by atoms with Crippen molar-refractivity contribution in [1.29, 1.82) is 5.26 Å². The predicted molar refractivity (Wildman–Crippen MR) is 104 cm³/mol. The summed E-state index contributed by atoms with van der Waals surface area (Å²) >= 11 is 0. The fraction of sp³-hybridized carbons (Fsp3) is 0.500. The van der Waals surface area contributed by atoms with Crippen LogP contribution in [0.3, 0.4) is 0 Å². The first kappa shape index (κ1) is 21.5. The summed E-state index contributed by atoms with van der Waals surface area (Å²) in [4.78, 5) is 40.4. The summed E-state index contributed by atoms with van der Waals surface area (Å²) in [7, 11) is 0. The van der Waals surface area contributed by atoms with E-state index in [0.717, 1.165) is 0 Å². The second-order valence-electron chi connectivity index (χ2n) is 7.42. The molecule has 0 saturated carbocycles. The second kappa shape index (κ2) is 8.43. The van der Waals surface area contributed by atoms with Crippen molar-refractivity contribution in [2.45, 2.75) is 56.5 Å². The van der Waals surface area contributed by atoms with Gasteiger partial charge in [-0.2, -0.15) is 10.4 Å². The first-order chi connectivity index (χ1) is 15.4. The number of hydrogen-bond donors (Lipinski definition) is 1. The van der Waals surface area contributed by atoms with E-state index in [9.17, 15) is 19.6 Å². The number of carbonyl (C=O) groups excluding carboxylic acids is 3. The summed E-state index contributed by atoms with van der Waals surface area (Å²) in [5.41, 5.74) is 4.60. The first-order valence-electron chi connectivity index (χ1n) is 10.1. The lowest BCUT2D eigenvalue weighted by Crippen LogP contribution is -2.45. The van der Waals surface area contributed by atoms with Crippen molar-refractivity contribution >= 4 is 29.2 Å². The number of nitrogen functional groups attached to an aromatic ring is 1. The minimum atomic E-state index is -1.92. The molecule has 0 amide bonds.